The van der Waals surface area contributed by atoms with Crippen molar-refractivity contribution in [3.05, 3.63) is 46.4 Å². The van der Waals surface area contributed by atoms with Crippen LogP contribution in [0.4, 0.5) is 5.69 Å². The van der Waals surface area contributed by atoms with Crippen molar-refractivity contribution >= 4 is 23.4 Å². The zero-order chi connectivity index (χ0) is 16.8. The molecule has 1 atom stereocenters. The average molecular weight is 333 g/mol. The molecule has 2 aromatic rings. The van der Waals surface area contributed by atoms with Crippen molar-refractivity contribution in [2.75, 3.05) is 12.4 Å². The number of hydrogen-bond acceptors (Lipinski definition) is 5. The number of amides is 1. The van der Waals surface area contributed by atoms with Crippen LogP contribution in [0.15, 0.2) is 40.3 Å². The zero-order valence-electron chi connectivity index (χ0n) is 13.3. The Morgan fingerprint density at radius 2 is 2.17 bits per heavy atom. The Hall–Kier alpha value is -2.28. The van der Waals surface area contributed by atoms with Crippen LogP contribution in [0.2, 0.25) is 0 Å². The van der Waals surface area contributed by atoms with E-state index in [2.05, 4.69) is 15.3 Å². The van der Waals surface area contributed by atoms with Crippen molar-refractivity contribution in [3.8, 4) is 5.75 Å². The topological polar surface area (TPSA) is 84.1 Å². The highest BCUT2D eigenvalue weighted by molar-refractivity contribution is 8.00. The number of thioether (sulfide) groups is 1. The summed E-state index contributed by atoms with van der Waals surface area (Å²) in [6.07, 6.45) is 0.600. The predicted octanol–water partition coefficient (Wildman–Crippen LogP) is 2.60. The van der Waals surface area contributed by atoms with Gasteiger partial charge in [0.25, 0.3) is 5.56 Å². The summed E-state index contributed by atoms with van der Waals surface area (Å²) in [7, 11) is 1.55. The van der Waals surface area contributed by atoms with Gasteiger partial charge in [-0.25, -0.2) is 4.98 Å². The Labute approximate surface area is 138 Å². The molecule has 0 saturated heterocycles. The molecule has 0 aliphatic carbocycles. The third-order valence-corrected chi connectivity index (χ3v) is 4.38. The molecule has 0 aliphatic rings. The summed E-state index contributed by atoms with van der Waals surface area (Å²) in [5.74, 6) is 0.439. The molecule has 0 fully saturated rings. The summed E-state index contributed by atoms with van der Waals surface area (Å²) in [6, 6.07) is 8.64. The van der Waals surface area contributed by atoms with Gasteiger partial charge in [0.1, 0.15) is 5.75 Å². The van der Waals surface area contributed by atoms with Crippen LogP contribution in [0, 0.1) is 6.92 Å². The predicted molar refractivity (Wildman–Crippen MR) is 91.2 cm³/mol. The summed E-state index contributed by atoms with van der Waals surface area (Å²) >= 11 is 1.24. The number of aromatic amines is 1. The minimum atomic E-state index is -0.370. The summed E-state index contributed by atoms with van der Waals surface area (Å²) in [4.78, 5) is 30.9. The Bertz CT molecular complexity index is 745. The van der Waals surface area contributed by atoms with E-state index >= 15 is 0 Å². The van der Waals surface area contributed by atoms with Crippen LogP contribution in [0.5, 0.6) is 5.75 Å². The maximum Gasteiger partial charge on any atom is 0.251 e. The molecule has 1 unspecified atom stereocenters. The number of aryl methyl sites for hydroxylation is 1. The molecule has 0 radical (unpaired) electrons. The Kier molecular flexibility index (Phi) is 5.81. The molecule has 1 amide bonds. The zero-order valence-corrected chi connectivity index (χ0v) is 14.1. The SMILES string of the molecule is CCC(Sc1nc(C)cc(=O)[nH]1)C(=O)Nc1ccccc1OC. The number of nitrogens with one attached hydrogen (secondary N) is 2. The second-order valence-corrected chi connectivity index (χ2v) is 6.09. The Morgan fingerprint density at radius 1 is 1.43 bits per heavy atom. The highest BCUT2D eigenvalue weighted by Crippen LogP contribution is 2.26. The second kappa shape index (κ2) is 7.82. The fraction of sp³-hybridized carbons (Fsp3) is 0.312. The van der Waals surface area contributed by atoms with Gasteiger partial charge in [0.15, 0.2) is 5.16 Å². The van der Waals surface area contributed by atoms with Gasteiger partial charge in [-0.05, 0) is 25.5 Å². The van der Waals surface area contributed by atoms with Gasteiger partial charge in [0.2, 0.25) is 5.91 Å². The lowest BCUT2D eigenvalue weighted by molar-refractivity contribution is -0.115. The molecule has 1 heterocycles. The number of anilines is 1. The number of aromatic nitrogens is 2. The van der Waals surface area contributed by atoms with Gasteiger partial charge in [0, 0.05) is 11.8 Å². The molecule has 2 N–H and O–H groups in total. The van der Waals surface area contributed by atoms with Gasteiger partial charge >= 0.3 is 0 Å². The third kappa shape index (κ3) is 4.59. The van der Waals surface area contributed by atoms with E-state index in [0.29, 0.717) is 28.7 Å². The maximum absolute atomic E-state index is 12.5. The van der Waals surface area contributed by atoms with Gasteiger partial charge in [-0.15, -0.1) is 0 Å². The second-order valence-electron chi connectivity index (χ2n) is 4.90. The number of carbonyl (C=O) groups is 1. The van der Waals surface area contributed by atoms with E-state index in [1.54, 1.807) is 26.2 Å². The number of carbonyl (C=O) groups excluding carboxylic acids is 1. The van der Waals surface area contributed by atoms with Crippen LogP contribution >= 0.6 is 11.8 Å². The first kappa shape index (κ1) is 17.1. The van der Waals surface area contributed by atoms with Crippen molar-refractivity contribution in [2.45, 2.75) is 30.7 Å². The molecule has 0 saturated carbocycles. The highest BCUT2D eigenvalue weighted by atomic mass is 32.2. The summed E-state index contributed by atoms with van der Waals surface area (Å²) < 4.78 is 5.23. The number of nitrogens with zero attached hydrogens (tertiary/aromatic N) is 1. The van der Waals surface area contributed by atoms with Gasteiger partial charge in [-0.3, -0.25) is 9.59 Å². The first-order chi connectivity index (χ1) is 11.0. The van der Waals surface area contributed by atoms with Crippen LogP contribution < -0.4 is 15.6 Å². The van der Waals surface area contributed by atoms with E-state index in [1.165, 1.54) is 17.8 Å². The lowest BCUT2D eigenvalue weighted by Crippen LogP contribution is -2.25. The lowest BCUT2D eigenvalue weighted by Gasteiger charge is -2.15. The monoisotopic (exact) mass is 333 g/mol. The first-order valence-electron chi connectivity index (χ1n) is 7.22. The fourth-order valence-corrected chi connectivity index (χ4v) is 2.98. The Balaban J connectivity index is 2.13. The van der Waals surface area contributed by atoms with Crippen molar-refractivity contribution in [1.29, 1.82) is 0 Å². The molecule has 2 rings (SSSR count). The standard InChI is InChI=1S/C16H19N3O3S/c1-4-13(23-16-17-10(2)9-14(20)19-16)15(21)18-11-7-5-6-8-12(11)22-3/h5-9,13H,4H2,1-3H3,(H,18,21)(H,17,19,20). The van der Waals surface area contributed by atoms with E-state index in [-0.39, 0.29) is 16.7 Å². The van der Waals surface area contributed by atoms with E-state index in [1.807, 2.05) is 19.1 Å². The minimum absolute atomic E-state index is 0.161. The van der Waals surface area contributed by atoms with Crippen LogP contribution in [0.25, 0.3) is 0 Å². The number of H-pyrrole nitrogens is 1. The Morgan fingerprint density at radius 3 is 2.83 bits per heavy atom. The van der Waals surface area contributed by atoms with Gasteiger partial charge < -0.3 is 15.0 Å². The molecular weight excluding hydrogens is 314 g/mol. The molecule has 122 valence electrons. The van der Waals surface area contributed by atoms with E-state index in [0.717, 1.165) is 0 Å². The fourth-order valence-electron chi connectivity index (χ4n) is 2.03. The van der Waals surface area contributed by atoms with Crippen LogP contribution in [0.3, 0.4) is 0 Å². The van der Waals surface area contributed by atoms with Crippen molar-refractivity contribution < 1.29 is 9.53 Å². The number of hydrogen-bond donors (Lipinski definition) is 2. The molecule has 23 heavy (non-hydrogen) atoms. The van der Waals surface area contributed by atoms with Gasteiger partial charge in [0.05, 0.1) is 18.0 Å². The van der Waals surface area contributed by atoms with Crippen molar-refractivity contribution in [2.24, 2.45) is 0 Å². The molecule has 0 spiro atoms. The molecule has 6 nitrogen and oxygen atoms in total. The van der Waals surface area contributed by atoms with Gasteiger partial charge in [-0.1, -0.05) is 30.8 Å². The number of ether oxygens (including phenoxy) is 1. The van der Waals surface area contributed by atoms with Crippen LogP contribution in [-0.2, 0) is 4.79 Å². The van der Waals surface area contributed by atoms with Crippen molar-refractivity contribution in [1.82, 2.24) is 9.97 Å². The maximum atomic E-state index is 12.5. The minimum Gasteiger partial charge on any atom is -0.495 e. The third-order valence-electron chi connectivity index (χ3n) is 3.13. The summed E-state index contributed by atoms with van der Waals surface area (Å²) in [5, 5.41) is 2.93. The number of rotatable bonds is 6. The van der Waals surface area contributed by atoms with E-state index in [9.17, 15) is 9.59 Å². The normalized spacial score (nSPS) is 11.8. The molecule has 7 heteroatoms. The molecular formula is C16H19N3O3S. The summed E-state index contributed by atoms with van der Waals surface area (Å²) in [5.41, 5.74) is 1.01. The quantitative estimate of drug-likeness (QED) is 0.627. The number of para-hydroxylation sites is 2. The van der Waals surface area contributed by atoms with Gasteiger partial charge in [-0.2, -0.15) is 0 Å². The molecule has 1 aromatic carbocycles. The largest absolute Gasteiger partial charge is 0.495 e. The van der Waals surface area contributed by atoms with Crippen LogP contribution in [0.1, 0.15) is 19.0 Å². The molecule has 1 aromatic heterocycles. The highest BCUT2D eigenvalue weighted by Gasteiger charge is 2.20. The van der Waals surface area contributed by atoms with E-state index in [4.69, 9.17) is 4.74 Å². The number of benzene rings is 1. The smallest absolute Gasteiger partial charge is 0.251 e. The van der Waals surface area contributed by atoms with Crippen LogP contribution in [-0.4, -0.2) is 28.2 Å². The first-order valence-corrected chi connectivity index (χ1v) is 8.10. The van der Waals surface area contributed by atoms with E-state index < -0.39 is 0 Å². The average Bonchev–Trinajstić information content (AvgIpc) is 2.52. The summed E-state index contributed by atoms with van der Waals surface area (Å²) in [6.45, 7) is 3.66. The lowest BCUT2D eigenvalue weighted by atomic mass is 10.2. The number of methoxy groups -OCH3 is 1. The van der Waals surface area contributed by atoms with Crippen molar-refractivity contribution in [3.63, 3.8) is 0 Å². The molecule has 0 bridgehead atoms. The molecule has 0 aliphatic heterocycles.